The highest BCUT2D eigenvalue weighted by atomic mass is 15.1. The van der Waals surface area contributed by atoms with Crippen LogP contribution in [0, 0.1) is 6.57 Å². The Morgan fingerprint density at radius 3 is 3.00 bits per heavy atom. The Morgan fingerprint density at radius 2 is 2.40 bits per heavy atom. The maximum Gasteiger partial charge on any atom is 0.227 e. The molecule has 0 spiro atoms. The number of nitrogens with zero attached hydrogens (tertiary/aromatic N) is 2. The highest BCUT2D eigenvalue weighted by Gasteiger charge is 2.05. The second kappa shape index (κ2) is 4.08. The summed E-state index contributed by atoms with van der Waals surface area (Å²) in [6.45, 7) is 10.4. The summed E-state index contributed by atoms with van der Waals surface area (Å²) in [5.41, 5.74) is 0. The summed E-state index contributed by atoms with van der Waals surface area (Å²) in [6.07, 6.45) is 5.53. The largest absolute Gasteiger partial charge is 0.316 e. The molecule has 2 nitrogen and oxygen atoms in total. The fraction of sp³-hybridized carbons (Fsp3) is 0.625. The summed E-state index contributed by atoms with van der Waals surface area (Å²) in [4.78, 5) is 5.62. The lowest BCUT2D eigenvalue weighted by Crippen LogP contribution is -2.29. The summed E-state index contributed by atoms with van der Waals surface area (Å²) < 4.78 is 0. The number of rotatable bonds is 2. The van der Waals surface area contributed by atoms with Crippen LogP contribution in [0.25, 0.3) is 4.85 Å². The van der Waals surface area contributed by atoms with Crippen molar-refractivity contribution in [1.82, 2.24) is 4.90 Å². The molecule has 0 fully saturated rings. The topological polar surface area (TPSA) is 7.60 Å². The van der Waals surface area contributed by atoms with Crippen molar-refractivity contribution in [2.45, 2.75) is 6.42 Å². The molecule has 1 aliphatic rings. The third-order valence-electron chi connectivity index (χ3n) is 1.67. The van der Waals surface area contributed by atoms with Crippen LogP contribution in [0.1, 0.15) is 6.42 Å². The van der Waals surface area contributed by atoms with Crippen LogP contribution in [0.5, 0.6) is 0 Å². The zero-order valence-corrected chi connectivity index (χ0v) is 6.08. The van der Waals surface area contributed by atoms with Crippen LogP contribution in [-0.4, -0.2) is 31.1 Å². The Kier molecular flexibility index (Phi) is 2.98. The van der Waals surface area contributed by atoms with Gasteiger partial charge in [0.2, 0.25) is 6.54 Å². The van der Waals surface area contributed by atoms with Crippen LogP contribution < -0.4 is 0 Å². The quantitative estimate of drug-likeness (QED) is 0.408. The molecule has 10 heavy (non-hydrogen) atoms. The van der Waals surface area contributed by atoms with Gasteiger partial charge in [-0.2, -0.15) is 0 Å². The van der Waals surface area contributed by atoms with Crippen molar-refractivity contribution in [3.8, 4) is 0 Å². The van der Waals surface area contributed by atoms with E-state index in [2.05, 4.69) is 21.9 Å². The van der Waals surface area contributed by atoms with E-state index in [1.54, 1.807) is 0 Å². The molecular weight excluding hydrogens is 124 g/mol. The van der Waals surface area contributed by atoms with Gasteiger partial charge < -0.3 is 4.85 Å². The minimum atomic E-state index is 0.647. The smallest absolute Gasteiger partial charge is 0.227 e. The molecule has 1 heterocycles. The van der Waals surface area contributed by atoms with E-state index in [1.807, 2.05) is 0 Å². The molecule has 2 heteroatoms. The molecule has 1 aliphatic heterocycles. The maximum atomic E-state index is 6.60. The van der Waals surface area contributed by atoms with Crippen molar-refractivity contribution in [2.75, 3.05) is 26.2 Å². The molecular formula is C8H12N2. The van der Waals surface area contributed by atoms with Gasteiger partial charge in [0.05, 0.1) is 6.54 Å². The lowest BCUT2D eigenvalue weighted by atomic mass is 10.2. The molecule has 1 rings (SSSR count). The van der Waals surface area contributed by atoms with Crippen LogP contribution in [-0.2, 0) is 0 Å². The van der Waals surface area contributed by atoms with Gasteiger partial charge in [0, 0.05) is 13.1 Å². The van der Waals surface area contributed by atoms with Gasteiger partial charge in [0.25, 0.3) is 0 Å². The van der Waals surface area contributed by atoms with Gasteiger partial charge >= 0.3 is 0 Å². The standard InChI is InChI=1S/C8H12N2/c1-9-5-8-10-6-3-2-4-7-10/h2-3H,4-8H2. The van der Waals surface area contributed by atoms with Crippen molar-refractivity contribution in [1.29, 1.82) is 0 Å². The van der Waals surface area contributed by atoms with E-state index >= 15 is 0 Å². The summed E-state index contributed by atoms with van der Waals surface area (Å²) in [7, 11) is 0. The number of hydrogen-bond acceptors (Lipinski definition) is 1. The van der Waals surface area contributed by atoms with Gasteiger partial charge in [0.15, 0.2) is 0 Å². The predicted octanol–water partition coefficient (Wildman–Crippen LogP) is 1.17. The third kappa shape index (κ3) is 2.20. The molecule has 0 aromatic rings. The lowest BCUT2D eigenvalue weighted by molar-refractivity contribution is 0.313. The fourth-order valence-electron chi connectivity index (χ4n) is 1.08. The second-order valence-electron chi connectivity index (χ2n) is 2.44. The Bertz CT molecular complexity index is 155. The minimum Gasteiger partial charge on any atom is -0.316 e. The summed E-state index contributed by atoms with van der Waals surface area (Å²) in [6, 6.07) is 0. The molecule has 0 aliphatic carbocycles. The first-order valence-corrected chi connectivity index (χ1v) is 3.64. The molecule has 0 saturated carbocycles. The Labute approximate surface area is 62.0 Å². The average molecular weight is 136 g/mol. The zero-order chi connectivity index (χ0) is 7.23. The van der Waals surface area contributed by atoms with Crippen molar-refractivity contribution in [2.24, 2.45) is 0 Å². The number of hydrogen-bond donors (Lipinski definition) is 0. The summed E-state index contributed by atoms with van der Waals surface area (Å²) in [5, 5.41) is 0. The van der Waals surface area contributed by atoms with E-state index in [4.69, 9.17) is 6.57 Å². The highest BCUT2D eigenvalue weighted by Crippen LogP contribution is 1.99. The molecule has 0 radical (unpaired) electrons. The first-order valence-electron chi connectivity index (χ1n) is 3.64. The van der Waals surface area contributed by atoms with Crippen molar-refractivity contribution >= 4 is 0 Å². The Morgan fingerprint density at radius 1 is 1.50 bits per heavy atom. The first kappa shape index (κ1) is 7.30. The lowest BCUT2D eigenvalue weighted by Gasteiger charge is -2.19. The third-order valence-corrected chi connectivity index (χ3v) is 1.67. The van der Waals surface area contributed by atoms with Gasteiger partial charge in [-0.05, 0) is 6.42 Å². The van der Waals surface area contributed by atoms with E-state index < -0.39 is 0 Å². The zero-order valence-electron chi connectivity index (χ0n) is 6.08. The van der Waals surface area contributed by atoms with Crippen molar-refractivity contribution in [3.63, 3.8) is 0 Å². The van der Waals surface area contributed by atoms with Crippen LogP contribution in [0.2, 0.25) is 0 Å². The van der Waals surface area contributed by atoms with E-state index in [1.165, 1.54) is 0 Å². The van der Waals surface area contributed by atoms with Crippen LogP contribution in [0.3, 0.4) is 0 Å². The molecule has 0 N–H and O–H groups in total. The highest BCUT2D eigenvalue weighted by molar-refractivity contribution is 4.91. The van der Waals surface area contributed by atoms with Crippen molar-refractivity contribution < 1.29 is 0 Å². The molecule has 0 unspecified atom stereocenters. The van der Waals surface area contributed by atoms with Gasteiger partial charge in [-0.25, -0.2) is 6.57 Å². The summed E-state index contributed by atoms with van der Waals surface area (Å²) >= 11 is 0. The molecule has 0 aromatic heterocycles. The molecule has 0 atom stereocenters. The molecule has 0 saturated heterocycles. The van der Waals surface area contributed by atoms with Crippen LogP contribution in [0.4, 0.5) is 0 Å². The van der Waals surface area contributed by atoms with Gasteiger partial charge in [0.1, 0.15) is 0 Å². The SMILES string of the molecule is [C-]#[N+]CCN1CC=CCC1. The monoisotopic (exact) mass is 136 g/mol. The summed E-state index contributed by atoms with van der Waals surface area (Å²) in [5.74, 6) is 0. The average Bonchev–Trinajstić information content (AvgIpc) is 2.03. The molecule has 0 aromatic carbocycles. The second-order valence-corrected chi connectivity index (χ2v) is 2.44. The van der Waals surface area contributed by atoms with Crippen molar-refractivity contribution in [3.05, 3.63) is 23.6 Å². The van der Waals surface area contributed by atoms with Crippen LogP contribution in [0.15, 0.2) is 12.2 Å². The fourth-order valence-corrected chi connectivity index (χ4v) is 1.08. The minimum absolute atomic E-state index is 0.647. The van der Waals surface area contributed by atoms with Crippen LogP contribution >= 0.6 is 0 Å². The molecule has 54 valence electrons. The molecule has 0 bridgehead atoms. The van der Waals surface area contributed by atoms with E-state index in [-0.39, 0.29) is 0 Å². The Hall–Kier alpha value is -0.810. The predicted molar refractivity (Wildman–Crippen MR) is 41.7 cm³/mol. The van der Waals surface area contributed by atoms with Gasteiger partial charge in [-0.3, -0.25) is 4.90 Å². The first-order chi connectivity index (χ1) is 4.93. The van der Waals surface area contributed by atoms with E-state index in [9.17, 15) is 0 Å². The normalized spacial score (nSPS) is 18.7. The Balaban J connectivity index is 2.17. The molecule has 0 amide bonds. The van der Waals surface area contributed by atoms with Gasteiger partial charge in [-0.15, -0.1) is 0 Å². The maximum absolute atomic E-state index is 6.60. The van der Waals surface area contributed by atoms with Gasteiger partial charge in [-0.1, -0.05) is 12.2 Å². The van der Waals surface area contributed by atoms with E-state index in [0.717, 1.165) is 26.1 Å². The van der Waals surface area contributed by atoms with E-state index in [0.29, 0.717) is 6.54 Å².